The van der Waals surface area contributed by atoms with Crippen LogP contribution < -0.4 is 15.8 Å². The van der Waals surface area contributed by atoms with Gasteiger partial charge >= 0.3 is 0 Å². The second-order valence-corrected chi connectivity index (χ2v) is 4.76. The summed E-state index contributed by atoms with van der Waals surface area (Å²) in [5.74, 6) is 0.0142. The Morgan fingerprint density at radius 2 is 2.21 bits per heavy atom. The minimum atomic E-state index is -0.458. The van der Waals surface area contributed by atoms with Crippen molar-refractivity contribution in [2.45, 2.75) is 0 Å². The molecule has 1 amide bonds. The Balaban J connectivity index is 2.04. The number of carbonyl (C=O) groups is 1. The maximum absolute atomic E-state index is 12.1. The van der Waals surface area contributed by atoms with Crippen LogP contribution in [0.5, 0.6) is 0 Å². The molecule has 0 unspecified atom stereocenters. The summed E-state index contributed by atoms with van der Waals surface area (Å²) in [4.78, 5) is 26.9. The van der Waals surface area contributed by atoms with Crippen molar-refractivity contribution in [1.29, 1.82) is 0 Å². The molecule has 104 valence electrons. The molecule has 2 rings (SSSR count). The van der Waals surface area contributed by atoms with E-state index in [9.17, 15) is 9.59 Å². The van der Waals surface area contributed by atoms with Crippen LogP contribution in [0.4, 0.5) is 5.69 Å². The smallest absolute Gasteiger partial charge is 0.285 e. The summed E-state index contributed by atoms with van der Waals surface area (Å²) in [6.45, 7) is 3.19. The van der Waals surface area contributed by atoms with E-state index in [1.165, 1.54) is 6.20 Å². The number of halogens is 1. The normalized spacial score (nSPS) is 15.4. The lowest BCUT2D eigenvalue weighted by molar-refractivity contribution is -0.130. The minimum Gasteiger partial charge on any atom is -0.363 e. The average Bonchev–Trinajstić information content (AvgIpc) is 2.42. The molecule has 2 heterocycles. The summed E-state index contributed by atoms with van der Waals surface area (Å²) in [5.41, 5.74) is -0.00506. The van der Waals surface area contributed by atoms with Gasteiger partial charge in [-0.25, -0.2) is 5.10 Å². The van der Waals surface area contributed by atoms with E-state index in [1.807, 2.05) is 0 Å². The summed E-state index contributed by atoms with van der Waals surface area (Å²) < 4.78 is 0. The molecule has 1 saturated heterocycles. The third-order valence-electron chi connectivity index (χ3n) is 3.03. The number of hydrogen-bond donors (Lipinski definition) is 2. The van der Waals surface area contributed by atoms with Gasteiger partial charge in [0.25, 0.3) is 5.56 Å². The Hall–Kier alpha value is -1.60. The van der Waals surface area contributed by atoms with E-state index in [4.69, 9.17) is 11.6 Å². The molecule has 0 spiro atoms. The van der Waals surface area contributed by atoms with Gasteiger partial charge in [-0.3, -0.25) is 9.59 Å². The van der Waals surface area contributed by atoms with Gasteiger partial charge < -0.3 is 15.1 Å². The first-order valence-corrected chi connectivity index (χ1v) is 6.40. The van der Waals surface area contributed by atoms with Crippen LogP contribution in [0.25, 0.3) is 0 Å². The number of hydrogen-bond acceptors (Lipinski definition) is 5. The SMILES string of the molecule is CN(CC(=O)N1CCNCC1)c1cn[nH]c(=O)c1Cl. The summed E-state index contributed by atoms with van der Waals surface area (Å²) >= 11 is 5.90. The monoisotopic (exact) mass is 285 g/mol. The zero-order valence-corrected chi connectivity index (χ0v) is 11.4. The van der Waals surface area contributed by atoms with Crippen molar-refractivity contribution < 1.29 is 4.79 Å². The van der Waals surface area contributed by atoms with Crippen molar-refractivity contribution in [1.82, 2.24) is 20.4 Å². The summed E-state index contributed by atoms with van der Waals surface area (Å²) in [7, 11) is 1.71. The first kappa shape index (κ1) is 13.8. The highest BCUT2D eigenvalue weighted by atomic mass is 35.5. The Bertz CT molecular complexity index is 512. The molecule has 2 N–H and O–H groups in total. The fourth-order valence-corrected chi connectivity index (χ4v) is 2.18. The number of likely N-dealkylation sites (N-methyl/N-ethyl adjacent to an activating group) is 1. The van der Waals surface area contributed by atoms with E-state index < -0.39 is 5.56 Å². The minimum absolute atomic E-state index is 0.0142. The van der Waals surface area contributed by atoms with E-state index >= 15 is 0 Å². The van der Waals surface area contributed by atoms with Gasteiger partial charge in [0.2, 0.25) is 5.91 Å². The fraction of sp³-hybridized carbons (Fsp3) is 0.545. The van der Waals surface area contributed by atoms with Gasteiger partial charge in [-0.1, -0.05) is 11.6 Å². The number of aromatic amines is 1. The fourth-order valence-electron chi connectivity index (χ4n) is 1.94. The summed E-state index contributed by atoms with van der Waals surface area (Å²) in [6.07, 6.45) is 1.44. The highest BCUT2D eigenvalue weighted by molar-refractivity contribution is 6.33. The zero-order chi connectivity index (χ0) is 13.8. The standard InChI is InChI=1S/C11H16ClN5O2/c1-16(8-6-14-15-11(19)10(8)12)7-9(18)17-4-2-13-3-5-17/h6,13H,2-5,7H2,1H3,(H,15,19). The van der Waals surface area contributed by atoms with Crippen LogP contribution in [0.1, 0.15) is 0 Å². The van der Waals surface area contributed by atoms with Crippen LogP contribution in [-0.2, 0) is 4.79 Å². The Morgan fingerprint density at radius 1 is 1.53 bits per heavy atom. The lowest BCUT2D eigenvalue weighted by Crippen LogP contribution is -2.49. The Kier molecular flexibility index (Phi) is 4.39. The topological polar surface area (TPSA) is 81.3 Å². The molecule has 8 heteroatoms. The molecule has 1 aliphatic rings. The van der Waals surface area contributed by atoms with Crippen LogP contribution in [0.15, 0.2) is 11.0 Å². The van der Waals surface area contributed by atoms with Gasteiger partial charge in [-0.15, -0.1) is 0 Å². The molecule has 0 aromatic carbocycles. The van der Waals surface area contributed by atoms with E-state index in [2.05, 4.69) is 15.5 Å². The van der Waals surface area contributed by atoms with Crippen LogP contribution >= 0.6 is 11.6 Å². The number of aromatic nitrogens is 2. The molecular formula is C11H16ClN5O2. The maximum atomic E-state index is 12.1. The van der Waals surface area contributed by atoms with E-state index in [0.717, 1.165) is 13.1 Å². The second-order valence-electron chi connectivity index (χ2n) is 4.39. The first-order valence-electron chi connectivity index (χ1n) is 6.02. The maximum Gasteiger partial charge on any atom is 0.285 e. The van der Waals surface area contributed by atoms with Crippen molar-refractivity contribution in [3.8, 4) is 0 Å². The number of anilines is 1. The number of rotatable bonds is 3. The average molecular weight is 286 g/mol. The molecule has 0 radical (unpaired) electrons. The Labute approximate surface area is 115 Å². The third kappa shape index (κ3) is 3.24. The first-order chi connectivity index (χ1) is 9.09. The van der Waals surface area contributed by atoms with Gasteiger partial charge in [0.15, 0.2) is 0 Å². The molecule has 19 heavy (non-hydrogen) atoms. The molecular weight excluding hydrogens is 270 g/mol. The lowest BCUT2D eigenvalue weighted by Gasteiger charge is -2.29. The van der Waals surface area contributed by atoms with E-state index in [0.29, 0.717) is 18.8 Å². The number of carbonyl (C=O) groups excluding carboxylic acids is 1. The number of amides is 1. The quantitative estimate of drug-likeness (QED) is 0.767. The number of piperazine rings is 1. The van der Waals surface area contributed by atoms with E-state index in [-0.39, 0.29) is 17.5 Å². The summed E-state index contributed by atoms with van der Waals surface area (Å²) in [5, 5.41) is 9.17. The molecule has 0 atom stereocenters. The molecule has 0 saturated carbocycles. The Morgan fingerprint density at radius 3 is 2.89 bits per heavy atom. The zero-order valence-electron chi connectivity index (χ0n) is 10.6. The van der Waals surface area contributed by atoms with Crippen molar-refractivity contribution in [3.05, 3.63) is 21.6 Å². The van der Waals surface area contributed by atoms with Gasteiger partial charge in [0, 0.05) is 33.2 Å². The summed E-state index contributed by atoms with van der Waals surface area (Å²) in [6, 6.07) is 0. The molecule has 1 fully saturated rings. The van der Waals surface area contributed by atoms with Crippen molar-refractivity contribution in [3.63, 3.8) is 0 Å². The van der Waals surface area contributed by atoms with Gasteiger partial charge in [-0.2, -0.15) is 5.10 Å². The van der Waals surface area contributed by atoms with Gasteiger partial charge in [-0.05, 0) is 0 Å². The molecule has 7 nitrogen and oxygen atoms in total. The lowest BCUT2D eigenvalue weighted by atomic mass is 10.3. The second kappa shape index (κ2) is 6.03. The number of H-pyrrole nitrogens is 1. The predicted molar refractivity (Wildman–Crippen MR) is 72.6 cm³/mol. The van der Waals surface area contributed by atoms with Crippen molar-refractivity contribution >= 4 is 23.2 Å². The van der Waals surface area contributed by atoms with Crippen LogP contribution in [0.3, 0.4) is 0 Å². The number of nitrogens with zero attached hydrogens (tertiary/aromatic N) is 3. The molecule has 1 aliphatic heterocycles. The largest absolute Gasteiger partial charge is 0.363 e. The molecule has 1 aromatic rings. The van der Waals surface area contributed by atoms with Crippen LogP contribution in [0.2, 0.25) is 5.02 Å². The highest BCUT2D eigenvalue weighted by Gasteiger charge is 2.19. The van der Waals surface area contributed by atoms with Crippen LogP contribution in [-0.4, -0.2) is 60.8 Å². The molecule has 1 aromatic heterocycles. The third-order valence-corrected chi connectivity index (χ3v) is 3.40. The van der Waals surface area contributed by atoms with Crippen molar-refractivity contribution in [2.24, 2.45) is 0 Å². The van der Waals surface area contributed by atoms with E-state index in [1.54, 1.807) is 16.8 Å². The van der Waals surface area contributed by atoms with Crippen molar-refractivity contribution in [2.75, 3.05) is 44.7 Å². The molecule has 0 bridgehead atoms. The van der Waals surface area contributed by atoms with Crippen LogP contribution in [0, 0.1) is 0 Å². The molecule has 0 aliphatic carbocycles. The number of nitrogens with one attached hydrogen (secondary N) is 2. The van der Waals surface area contributed by atoms with Gasteiger partial charge in [0.05, 0.1) is 18.4 Å². The highest BCUT2D eigenvalue weighted by Crippen LogP contribution is 2.18. The predicted octanol–water partition coefficient (Wildman–Crippen LogP) is -0.709. The van der Waals surface area contributed by atoms with Gasteiger partial charge in [0.1, 0.15) is 5.02 Å².